The van der Waals surface area contributed by atoms with Crippen LogP contribution in [0.3, 0.4) is 0 Å². The predicted octanol–water partition coefficient (Wildman–Crippen LogP) is 2.90. The minimum absolute atomic E-state index is 0.0402. The SMILES string of the molecule is CN(C)CC(C)(C)CNC(=O)c1ccc(C(=O)Nc2ccccc2N)s1. The van der Waals surface area contributed by atoms with Crippen molar-refractivity contribution in [2.24, 2.45) is 5.41 Å². The van der Waals surface area contributed by atoms with Gasteiger partial charge in [0.25, 0.3) is 11.8 Å². The fraction of sp³-hybridized carbons (Fsp3) is 0.368. The first-order valence-corrected chi connectivity index (χ1v) is 9.18. The van der Waals surface area contributed by atoms with Crippen LogP contribution in [0.2, 0.25) is 0 Å². The number of hydrogen-bond acceptors (Lipinski definition) is 5. The Labute approximate surface area is 158 Å². The van der Waals surface area contributed by atoms with Crippen LogP contribution in [0.15, 0.2) is 36.4 Å². The largest absolute Gasteiger partial charge is 0.397 e. The van der Waals surface area contributed by atoms with Crippen LogP contribution in [0.4, 0.5) is 11.4 Å². The molecule has 0 aliphatic rings. The van der Waals surface area contributed by atoms with E-state index in [0.29, 0.717) is 27.7 Å². The molecule has 2 rings (SSSR count). The molecule has 0 saturated carbocycles. The summed E-state index contributed by atoms with van der Waals surface area (Å²) in [4.78, 5) is 27.8. The molecule has 0 radical (unpaired) electrons. The van der Waals surface area contributed by atoms with Gasteiger partial charge in [0.2, 0.25) is 0 Å². The molecule has 6 nitrogen and oxygen atoms in total. The molecule has 26 heavy (non-hydrogen) atoms. The molecule has 1 aromatic carbocycles. The Bertz CT molecular complexity index is 783. The van der Waals surface area contributed by atoms with Crippen LogP contribution in [-0.4, -0.2) is 43.9 Å². The van der Waals surface area contributed by atoms with Crippen LogP contribution >= 0.6 is 11.3 Å². The quantitative estimate of drug-likeness (QED) is 0.650. The molecular weight excluding hydrogens is 348 g/mol. The van der Waals surface area contributed by atoms with Gasteiger partial charge in [-0.05, 0) is 43.8 Å². The average molecular weight is 375 g/mol. The van der Waals surface area contributed by atoms with E-state index in [-0.39, 0.29) is 17.2 Å². The van der Waals surface area contributed by atoms with Crippen LogP contribution in [0, 0.1) is 5.41 Å². The number of hydrogen-bond donors (Lipinski definition) is 3. The summed E-state index contributed by atoms with van der Waals surface area (Å²) in [5, 5.41) is 5.71. The van der Waals surface area contributed by atoms with E-state index in [1.165, 1.54) is 0 Å². The number of nitrogen functional groups attached to an aromatic ring is 1. The lowest BCUT2D eigenvalue weighted by molar-refractivity contribution is 0.0933. The van der Waals surface area contributed by atoms with E-state index < -0.39 is 0 Å². The lowest BCUT2D eigenvalue weighted by atomic mass is 9.93. The summed E-state index contributed by atoms with van der Waals surface area (Å²) in [5.74, 6) is -0.444. The zero-order chi connectivity index (χ0) is 19.3. The second-order valence-corrected chi connectivity index (χ2v) is 8.37. The molecule has 1 heterocycles. The fourth-order valence-electron chi connectivity index (χ4n) is 2.70. The molecule has 0 fully saturated rings. The summed E-state index contributed by atoms with van der Waals surface area (Å²) in [6.07, 6.45) is 0. The number of para-hydroxylation sites is 2. The monoisotopic (exact) mass is 374 g/mol. The number of carbonyl (C=O) groups is 2. The van der Waals surface area contributed by atoms with E-state index in [9.17, 15) is 9.59 Å². The number of benzene rings is 1. The molecule has 0 aliphatic heterocycles. The number of nitrogens with two attached hydrogens (primary N) is 1. The van der Waals surface area contributed by atoms with Crippen LogP contribution in [-0.2, 0) is 0 Å². The Balaban J connectivity index is 1.97. The molecule has 0 unspecified atom stereocenters. The van der Waals surface area contributed by atoms with Crippen molar-refractivity contribution >= 4 is 34.5 Å². The average Bonchev–Trinajstić information content (AvgIpc) is 3.04. The summed E-state index contributed by atoms with van der Waals surface area (Å²) in [5.41, 5.74) is 6.85. The second kappa shape index (κ2) is 8.33. The van der Waals surface area contributed by atoms with Gasteiger partial charge in [0.15, 0.2) is 0 Å². The summed E-state index contributed by atoms with van der Waals surface area (Å²) < 4.78 is 0. The van der Waals surface area contributed by atoms with Crippen molar-refractivity contribution < 1.29 is 9.59 Å². The Hall–Kier alpha value is -2.38. The molecule has 0 spiro atoms. The minimum atomic E-state index is -0.278. The van der Waals surface area contributed by atoms with Gasteiger partial charge in [-0.3, -0.25) is 9.59 Å². The highest BCUT2D eigenvalue weighted by Gasteiger charge is 2.21. The van der Waals surface area contributed by atoms with Crippen molar-refractivity contribution in [3.05, 3.63) is 46.2 Å². The van der Waals surface area contributed by atoms with Crippen molar-refractivity contribution in [1.29, 1.82) is 0 Å². The van der Waals surface area contributed by atoms with E-state index in [4.69, 9.17) is 5.73 Å². The van der Waals surface area contributed by atoms with Gasteiger partial charge in [-0.1, -0.05) is 26.0 Å². The third-order valence-corrected chi connectivity index (χ3v) is 4.82. The number of rotatable bonds is 7. The van der Waals surface area contributed by atoms with Crippen molar-refractivity contribution in [3.63, 3.8) is 0 Å². The maximum Gasteiger partial charge on any atom is 0.265 e. The summed E-state index contributed by atoms with van der Waals surface area (Å²) in [6.45, 7) is 5.63. The van der Waals surface area contributed by atoms with Crippen molar-refractivity contribution in [2.45, 2.75) is 13.8 Å². The molecule has 140 valence electrons. The highest BCUT2D eigenvalue weighted by Crippen LogP contribution is 2.22. The first-order valence-electron chi connectivity index (χ1n) is 8.36. The first-order chi connectivity index (χ1) is 12.2. The predicted molar refractivity (Wildman–Crippen MR) is 108 cm³/mol. The molecule has 0 atom stereocenters. The lowest BCUT2D eigenvalue weighted by Crippen LogP contribution is -2.39. The van der Waals surface area contributed by atoms with E-state index >= 15 is 0 Å². The van der Waals surface area contributed by atoms with Crippen molar-refractivity contribution in [3.8, 4) is 0 Å². The topological polar surface area (TPSA) is 87.5 Å². The third kappa shape index (κ3) is 5.57. The zero-order valence-corrected chi connectivity index (χ0v) is 16.4. The van der Waals surface area contributed by atoms with E-state index in [1.807, 2.05) is 14.1 Å². The summed E-state index contributed by atoms with van der Waals surface area (Å²) >= 11 is 1.16. The molecule has 0 bridgehead atoms. The van der Waals surface area contributed by atoms with Gasteiger partial charge in [-0.25, -0.2) is 0 Å². The smallest absolute Gasteiger partial charge is 0.265 e. The van der Waals surface area contributed by atoms with Gasteiger partial charge in [0, 0.05) is 13.1 Å². The molecule has 0 saturated heterocycles. The third-order valence-electron chi connectivity index (χ3n) is 3.73. The Morgan fingerprint density at radius 3 is 2.31 bits per heavy atom. The van der Waals surface area contributed by atoms with Gasteiger partial charge in [0.05, 0.1) is 21.1 Å². The first kappa shape index (κ1) is 19.9. The highest BCUT2D eigenvalue weighted by molar-refractivity contribution is 7.16. The highest BCUT2D eigenvalue weighted by atomic mass is 32.1. The van der Waals surface area contributed by atoms with Crippen molar-refractivity contribution in [2.75, 3.05) is 38.2 Å². The number of thiophene rings is 1. The molecule has 2 amide bonds. The Morgan fingerprint density at radius 1 is 1.08 bits per heavy atom. The zero-order valence-electron chi connectivity index (χ0n) is 15.6. The number of nitrogens with zero attached hydrogens (tertiary/aromatic N) is 1. The van der Waals surface area contributed by atoms with E-state index in [2.05, 4.69) is 29.4 Å². The normalized spacial score (nSPS) is 11.4. The van der Waals surface area contributed by atoms with E-state index in [1.54, 1.807) is 36.4 Å². The Kier molecular flexibility index (Phi) is 6.39. The van der Waals surface area contributed by atoms with Gasteiger partial charge in [0.1, 0.15) is 0 Å². The molecule has 7 heteroatoms. The number of anilines is 2. The van der Waals surface area contributed by atoms with Crippen LogP contribution < -0.4 is 16.4 Å². The number of carbonyl (C=O) groups excluding carboxylic acids is 2. The van der Waals surface area contributed by atoms with Gasteiger partial charge in [-0.15, -0.1) is 11.3 Å². The molecule has 1 aromatic heterocycles. The summed E-state index contributed by atoms with van der Waals surface area (Å²) in [6, 6.07) is 10.4. The number of amides is 2. The van der Waals surface area contributed by atoms with Gasteiger partial charge in [-0.2, -0.15) is 0 Å². The molecule has 0 aliphatic carbocycles. The Morgan fingerprint density at radius 2 is 1.69 bits per heavy atom. The van der Waals surface area contributed by atoms with Crippen LogP contribution in [0.5, 0.6) is 0 Å². The maximum atomic E-state index is 12.4. The van der Waals surface area contributed by atoms with Gasteiger partial charge < -0.3 is 21.3 Å². The fourth-order valence-corrected chi connectivity index (χ4v) is 3.51. The standard InChI is InChI=1S/C19H26N4O2S/c1-19(2,12-23(3)4)11-21-17(24)15-9-10-16(26-15)18(25)22-14-8-6-5-7-13(14)20/h5-10H,11-12,20H2,1-4H3,(H,21,24)(H,22,25). The van der Waals surface area contributed by atoms with Crippen LogP contribution in [0.25, 0.3) is 0 Å². The second-order valence-electron chi connectivity index (χ2n) is 7.29. The molecular formula is C19H26N4O2S. The minimum Gasteiger partial charge on any atom is -0.397 e. The molecule has 4 N–H and O–H groups in total. The van der Waals surface area contributed by atoms with Crippen molar-refractivity contribution in [1.82, 2.24) is 10.2 Å². The summed E-state index contributed by atoms with van der Waals surface area (Å²) in [7, 11) is 4.01. The lowest BCUT2D eigenvalue weighted by Gasteiger charge is -2.28. The van der Waals surface area contributed by atoms with Crippen LogP contribution in [0.1, 0.15) is 33.2 Å². The molecule has 2 aromatic rings. The van der Waals surface area contributed by atoms with E-state index in [0.717, 1.165) is 17.9 Å². The van der Waals surface area contributed by atoms with Gasteiger partial charge >= 0.3 is 0 Å². The maximum absolute atomic E-state index is 12.4. The number of nitrogens with one attached hydrogen (secondary N) is 2.